The van der Waals surface area contributed by atoms with Gasteiger partial charge in [0.1, 0.15) is 11.7 Å². The lowest BCUT2D eigenvalue weighted by atomic mass is 9.62. The van der Waals surface area contributed by atoms with Gasteiger partial charge in [-0.15, -0.1) is 0 Å². The van der Waals surface area contributed by atoms with Gasteiger partial charge in [-0.3, -0.25) is 9.59 Å². The maximum Gasteiger partial charge on any atom is 0.338 e. The molecule has 7 heteroatoms. The van der Waals surface area contributed by atoms with Crippen molar-refractivity contribution < 1.29 is 34.1 Å². The molecule has 44 heavy (non-hydrogen) atoms. The summed E-state index contributed by atoms with van der Waals surface area (Å²) in [5.74, 6) is -2.69. The molecule has 1 aromatic carbocycles. The molecule has 0 saturated heterocycles. The number of ether oxygens (including phenoxy) is 2. The SMILES string of the molecule is CCCCCCCCCC(=O)O[C@@]12[C@H](OC(=O)c3ccccc3)[C@@H](C)C3[C@@H](C=C(CO)C[C@]4(O)C(=O)C(C)=C[C@@H]34)[C@@H]1C2(C)C. The van der Waals surface area contributed by atoms with Crippen molar-refractivity contribution in [1.82, 2.24) is 0 Å². The fourth-order valence-corrected chi connectivity index (χ4v) is 9.11. The van der Waals surface area contributed by atoms with Crippen LogP contribution in [0.1, 0.15) is 103 Å². The monoisotopic (exact) mass is 606 g/mol. The fourth-order valence-electron chi connectivity index (χ4n) is 9.11. The first-order chi connectivity index (χ1) is 20.9. The van der Waals surface area contributed by atoms with Gasteiger partial charge in [0, 0.05) is 36.0 Å². The van der Waals surface area contributed by atoms with Gasteiger partial charge in [0.2, 0.25) is 0 Å². The molecule has 4 aliphatic carbocycles. The number of benzene rings is 1. The number of ketones is 1. The largest absolute Gasteiger partial charge is 0.454 e. The third kappa shape index (κ3) is 5.38. The Labute approximate surface area is 262 Å². The molecule has 0 heterocycles. The summed E-state index contributed by atoms with van der Waals surface area (Å²) in [5.41, 5.74) is -1.77. The molecule has 0 aromatic heterocycles. The Morgan fingerprint density at radius 3 is 2.32 bits per heavy atom. The number of unbranched alkanes of at least 4 members (excludes halogenated alkanes) is 6. The highest BCUT2D eigenvalue weighted by atomic mass is 16.6. The number of Topliss-reactive ketones (excluding diaryl/α,β-unsaturated/α-hetero) is 1. The van der Waals surface area contributed by atoms with E-state index in [1.165, 1.54) is 25.7 Å². The lowest BCUT2D eigenvalue weighted by molar-refractivity contribution is -0.179. The van der Waals surface area contributed by atoms with Crippen molar-refractivity contribution in [1.29, 1.82) is 0 Å². The van der Waals surface area contributed by atoms with Gasteiger partial charge in [-0.2, -0.15) is 0 Å². The molecule has 2 saturated carbocycles. The van der Waals surface area contributed by atoms with Crippen molar-refractivity contribution in [3.63, 3.8) is 0 Å². The van der Waals surface area contributed by atoms with Crippen molar-refractivity contribution in [2.24, 2.45) is 35.0 Å². The molecule has 0 amide bonds. The molecule has 2 fully saturated rings. The predicted molar refractivity (Wildman–Crippen MR) is 167 cm³/mol. The lowest BCUT2D eigenvalue weighted by Gasteiger charge is -2.47. The van der Waals surface area contributed by atoms with Crippen LogP contribution in [0.15, 0.2) is 53.6 Å². The van der Waals surface area contributed by atoms with Crippen LogP contribution in [0.5, 0.6) is 0 Å². The van der Waals surface area contributed by atoms with Gasteiger partial charge in [-0.25, -0.2) is 4.79 Å². The summed E-state index contributed by atoms with van der Waals surface area (Å²) in [5, 5.41) is 22.2. The minimum absolute atomic E-state index is 0.0488. The topological polar surface area (TPSA) is 110 Å². The van der Waals surface area contributed by atoms with Crippen molar-refractivity contribution >= 4 is 17.7 Å². The number of carbonyl (C=O) groups excluding carboxylic acids is 3. The van der Waals surface area contributed by atoms with E-state index in [1.807, 2.05) is 25.1 Å². The smallest absolute Gasteiger partial charge is 0.338 e. The first kappa shape index (κ1) is 32.6. The molecule has 240 valence electrons. The van der Waals surface area contributed by atoms with Gasteiger partial charge >= 0.3 is 11.9 Å². The van der Waals surface area contributed by atoms with Gasteiger partial charge in [-0.05, 0) is 48.5 Å². The summed E-state index contributed by atoms with van der Waals surface area (Å²) in [7, 11) is 0. The number of aliphatic hydroxyl groups excluding tert-OH is 1. The summed E-state index contributed by atoms with van der Waals surface area (Å²) in [6.07, 6.45) is 11.1. The highest BCUT2D eigenvalue weighted by Crippen LogP contribution is 2.76. The average Bonchev–Trinajstić information content (AvgIpc) is 3.45. The Bertz CT molecular complexity index is 1310. The zero-order valence-electron chi connectivity index (χ0n) is 27.0. The number of aliphatic hydroxyl groups is 2. The normalized spacial score (nSPS) is 34.9. The van der Waals surface area contributed by atoms with E-state index in [4.69, 9.17) is 9.47 Å². The minimum atomic E-state index is -1.67. The molecule has 5 rings (SSSR count). The van der Waals surface area contributed by atoms with Crippen LogP contribution in [0.25, 0.3) is 0 Å². The lowest BCUT2D eigenvalue weighted by Crippen LogP contribution is -2.56. The molecule has 8 atom stereocenters. The van der Waals surface area contributed by atoms with E-state index >= 15 is 0 Å². The molecular formula is C37H50O7. The van der Waals surface area contributed by atoms with Crippen LogP contribution < -0.4 is 0 Å². The first-order valence-corrected chi connectivity index (χ1v) is 16.7. The highest BCUT2D eigenvalue weighted by Gasteiger charge is 2.85. The van der Waals surface area contributed by atoms with E-state index in [1.54, 1.807) is 31.2 Å². The van der Waals surface area contributed by atoms with Crippen LogP contribution in [0.2, 0.25) is 0 Å². The van der Waals surface area contributed by atoms with Crippen LogP contribution in [-0.2, 0) is 19.1 Å². The molecule has 4 aliphatic rings. The molecule has 2 N–H and O–H groups in total. The van der Waals surface area contributed by atoms with Crippen molar-refractivity contribution in [2.45, 2.75) is 110 Å². The highest BCUT2D eigenvalue weighted by molar-refractivity contribution is 6.04. The minimum Gasteiger partial charge on any atom is -0.454 e. The van der Waals surface area contributed by atoms with Crippen molar-refractivity contribution in [3.8, 4) is 0 Å². The molecule has 0 aliphatic heterocycles. The number of carbonyl (C=O) groups is 3. The molecular weight excluding hydrogens is 556 g/mol. The third-order valence-corrected chi connectivity index (χ3v) is 11.3. The Kier molecular flexibility index (Phi) is 9.31. The molecule has 0 radical (unpaired) electrons. The van der Waals surface area contributed by atoms with Gasteiger partial charge < -0.3 is 19.7 Å². The zero-order chi connectivity index (χ0) is 31.9. The Balaban J connectivity index is 1.48. The quantitative estimate of drug-likeness (QED) is 0.162. The van der Waals surface area contributed by atoms with E-state index < -0.39 is 34.6 Å². The fraction of sp³-hybridized carbons (Fsp3) is 0.649. The van der Waals surface area contributed by atoms with Crippen molar-refractivity contribution in [3.05, 3.63) is 59.2 Å². The molecule has 0 bridgehead atoms. The number of hydrogen-bond acceptors (Lipinski definition) is 7. The van der Waals surface area contributed by atoms with Gasteiger partial charge in [0.15, 0.2) is 11.4 Å². The van der Waals surface area contributed by atoms with Gasteiger partial charge in [0.05, 0.1) is 12.2 Å². The number of allylic oxidation sites excluding steroid dienone is 1. The van der Waals surface area contributed by atoms with Gasteiger partial charge in [-0.1, -0.05) is 96.6 Å². The van der Waals surface area contributed by atoms with E-state index in [0.717, 1.165) is 19.3 Å². The first-order valence-electron chi connectivity index (χ1n) is 16.7. The standard InChI is InChI=1S/C37H50O7/c1-6-7-8-9-10-11-15-18-29(39)44-37-31(35(37,4)5)27-20-25(22-38)21-36(42)28(19-23(2)32(36)40)30(27)24(3)33(37)43-34(41)26-16-13-12-14-17-26/h12-14,16-17,19-20,24,27-28,30-31,33,38,42H,6-11,15,18,21-22H2,1-5H3/t24-,27+,28-,30?,31+,33+,36+,37+/m0/s1. The van der Waals surface area contributed by atoms with E-state index in [2.05, 4.69) is 20.8 Å². The Morgan fingerprint density at radius 1 is 1.00 bits per heavy atom. The third-order valence-electron chi connectivity index (χ3n) is 11.3. The van der Waals surface area contributed by atoms with Crippen molar-refractivity contribution in [2.75, 3.05) is 6.61 Å². The number of rotatable bonds is 12. The summed E-state index contributed by atoms with van der Waals surface area (Å²) < 4.78 is 12.9. The van der Waals surface area contributed by atoms with Gasteiger partial charge in [0.25, 0.3) is 0 Å². The van der Waals surface area contributed by atoms with Crippen LogP contribution in [0, 0.1) is 35.0 Å². The maximum absolute atomic E-state index is 13.6. The second-order valence-corrected chi connectivity index (χ2v) is 14.3. The van der Waals surface area contributed by atoms with E-state index in [0.29, 0.717) is 23.1 Å². The van der Waals surface area contributed by atoms with Crippen LogP contribution >= 0.6 is 0 Å². The Hall–Kier alpha value is -2.77. The zero-order valence-corrected chi connectivity index (χ0v) is 27.0. The molecule has 1 aromatic rings. The van der Waals surface area contributed by atoms with Crippen LogP contribution in [-0.4, -0.2) is 51.8 Å². The summed E-state index contributed by atoms with van der Waals surface area (Å²) in [4.78, 5) is 40.5. The summed E-state index contributed by atoms with van der Waals surface area (Å²) in [6.45, 7) is 9.75. The summed E-state index contributed by atoms with van der Waals surface area (Å²) in [6, 6.07) is 8.80. The van der Waals surface area contributed by atoms with E-state index in [-0.39, 0.29) is 48.5 Å². The van der Waals surface area contributed by atoms with Crippen LogP contribution in [0.3, 0.4) is 0 Å². The summed E-state index contributed by atoms with van der Waals surface area (Å²) >= 11 is 0. The number of hydrogen-bond donors (Lipinski definition) is 2. The molecule has 7 nitrogen and oxygen atoms in total. The molecule has 0 spiro atoms. The second kappa shape index (κ2) is 12.6. The number of esters is 2. The molecule has 1 unspecified atom stereocenters. The Morgan fingerprint density at radius 2 is 1.66 bits per heavy atom. The second-order valence-electron chi connectivity index (χ2n) is 14.3. The maximum atomic E-state index is 13.6. The number of fused-ring (bicyclic) bond motifs is 5. The average molecular weight is 607 g/mol. The van der Waals surface area contributed by atoms with Crippen LogP contribution in [0.4, 0.5) is 0 Å². The predicted octanol–water partition coefficient (Wildman–Crippen LogP) is 6.37. The van der Waals surface area contributed by atoms with E-state index in [9.17, 15) is 24.6 Å².